The van der Waals surface area contributed by atoms with E-state index in [1.54, 1.807) is 13.0 Å². The number of hydrogen-bond donors (Lipinski definition) is 1. The minimum absolute atomic E-state index is 0.198. The molecule has 0 fully saturated rings. The van der Waals surface area contributed by atoms with Crippen LogP contribution in [-0.4, -0.2) is 10.9 Å². The summed E-state index contributed by atoms with van der Waals surface area (Å²) in [7, 11) is 0. The number of pyridine rings is 1. The van der Waals surface area contributed by atoms with Gasteiger partial charge in [0, 0.05) is 11.3 Å². The molecule has 0 aliphatic rings. The molecular formula is C13H13ClN2O2. The number of nitrogens with zero attached hydrogens (tertiary/aromatic N) is 1. The summed E-state index contributed by atoms with van der Waals surface area (Å²) in [6.07, 6.45) is 0. The van der Waals surface area contributed by atoms with Crippen molar-refractivity contribution in [1.82, 2.24) is 10.3 Å². The molecule has 2 rings (SSSR count). The molecule has 0 saturated carbocycles. The molecular weight excluding hydrogens is 252 g/mol. The number of aryl methyl sites for hydroxylation is 2. The summed E-state index contributed by atoms with van der Waals surface area (Å²) >= 11 is 5.81. The molecule has 94 valence electrons. The standard InChI is InChI=1S/C13H13ClN2O2/c1-8-5-10(6-12(14)16-8)13(17)15-7-11-4-3-9(2)18-11/h3-6H,7H2,1-2H3,(H,15,17). The van der Waals surface area contributed by atoms with Gasteiger partial charge in [0.15, 0.2) is 0 Å². The van der Waals surface area contributed by atoms with Crippen molar-refractivity contribution in [3.05, 3.63) is 52.2 Å². The van der Waals surface area contributed by atoms with Gasteiger partial charge in [-0.25, -0.2) is 4.98 Å². The maximum Gasteiger partial charge on any atom is 0.251 e. The van der Waals surface area contributed by atoms with Crippen LogP contribution in [-0.2, 0) is 6.54 Å². The molecule has 0 aromatic carbocycles. The Balaban J connectivity index is 2.03. The molecule has 0 unspecified atom stereocenters. The van der Waals surface area contributed by atoms with Gasteiger partial charge in [0.1, 0.15) is 16.7 Å². The van der Waals surface area contributed by atoms with Crippen molar-refractivity contribution in [3.8, 4) is 0 Å². The first-order chi connectivity index (χ1) is 8.54. The molecule has 2 aromatic heterocycles. The number of nitrogens with one attached hydrogen (secondary N) is 1. The number of rotatable bonds is 3. The van der Waals surface area contributed by atoms with Crippen LogP contribution in [0, 0.1) is 13.8 Å². The zero-order valence-corrected chi connectivity index (χ0v) is 10.9. The predicted octanol–water partition coefficient (Wildman–Crippen LogP) is 2.87. The number of hydrogen-bond acceptors (Lipinski definition) is 3. The Bertz CT molecular complexity index is 558. The topological polar surface area (TPSA) is 55.1 Å². The fourth-order valence-corrected chi connectivity index (χ4v) is 1.86. The average Bonchev–Trinajstić information content (AvgIpc) is 2.70. The minimum atomic E-state index is -0.198. The molecule has 0 atom stereocenters. The lowest BCUT2D eigenvalue weighted by Gasteiger charge is -2.04. The lowest BCUT2D eigenvalue weighted by molar-refractivity contribution is 0.0947. The number of halogens is 1. The number of amides is 1. The van der Waals surface area contributed by atoms with Crippen LogP contribution in [0.4, 0.5) is 0 Å². The highest BCUT2D eigenvalue weighted by atomic mass is 35.5. The van der Waals surface area contributed by atoms with E-state index in [2.05, 4.69) is 10.3 Å². The molecule has 0 radical (unpaired) electrons. The second-order valence-corrected chi connectivity index (χ2v) is 4.40. The van der Waals surface area contributed by atoms with Crippen molar-refractivity contribution in [3.63, 3.8) is 0 Å². The molecule has 18 heavy (non-hydrogen) atoms. The Labute approximate surface area is 110 Å². The highest BCUT2D eigenvalue weighted by molar-refractivity contribution is 6.29. The largest absolute Gasteiger partial charge is 0.465 e. The summed E-state index contributed by atoms with van der Waals surface area (Å²) in [5, 5.41) is 3.08. The van der Waals surface area contributed by atoms with Gasteiger partial charge in [-0.15, -0.1) is 0 Å². The van der Waals surface area contributed by atoms with E-state index in [-0.39, 0.29) is 5.91 Å². The Hall–Kier alpha value is -1.81. The van der Waals surface area contributed by atoms with E-state index in [4.69, 9.17) is 16.0 Å². The Morgan fingerprint density at radius 1 is 1.39 bits per heavy atom. The van der Waals surface area contributed by atoms with Crippen molar-refractivity contribution in [2.45, 2.75) is 20.4 Å². The van der Waals surface area contributed by atoms with E-state index >= 15 is 0 Å². The van der Waals surface area contributed by atoms with E-state index in [1.165, 1.54) is 6.07 Å². The van der Waals surface area contributed by atoms with Crippen LogP contribution >= 0.6 is 11.6 Å². The first kappa shape index (κ1) is 12.6. The van der Waals surface area contributed by atoms with Gasteiger partial charge >= 0.3 is 0 Å². The molecule has 0 bridgehead atoms. The third kappa shape index (κ3) is 3.11. The van der Waals surface area contributed by atoms with Crippen molar-refractivity contribution < 1.29 is 9.21 Å². The van der Waals surface area contributed by atoms with Crippen LogP contribution in [0.1, 0.15) is 27.6 Å². The number of aromatic nitrogens is 1. The van der Waals surface area contributed by atoms with E-state index in [0.717, 1.165) is 11.5 Å². The monoisotopic (exact) mass is 264 g/mol. The highest BCUT2D eigenvalue weighted by Gasteiger charge is 2.08. The molecule has 2 aromatic rings. The summed E-state index contributed by atoms with van der Waals surface area (Å²) in [6, 6.07) is 6.92. The zero-order chi connectivity index (χ0) is 13.1. The quantitative estimate of drug-likeness (QED) is 0.868. The SMILES string of the molecule is Cc1cc(C(=O)NCc2ccc(C)o2)cc(Cl)n1. The maximum atomic E-state index is 11.9. The summed E-state index contributed by atoms with van der Waals surface area (Å²) in [4.78, 5) is 15.9. The van der Waals surface area contributed by atoms with Crippen molar-refractivity contribution in [1.29, 1.82) is 0 Å². The van der Waals surface area contributed by atoms with Gasteiger partial charge in [0.25, 0.3) is 5.91 Å². The molecule has 0 aliphatic carbocycles. The zero-order valence-electron chi connectivity index (χ0n) is 10.2. The van der Waals surface area contributed by atoms with E-state index < -0.39 is 0 Å². The normalized spacial score (nSPS) is 10.4. The van der Waals surface area contributed by atoms with Gasteiger partial charge in [0.05, 0.1) is 6.54 Å². The van der Waals surface area contributed by atoms with Gasteiger partial charge in [-0.3, -0.25) is 4.79 Å². The third-order valence-corrected chi connectivity index (χ3v) is 2.60. The minimum Gasteiger partial charge on any atom is -0.465 e. The molecule has 0 spiro atoms. The van der Waals surface area contributed by atoms with Crippen LogP contribution in [0.5, 0.6) is 0 Å². The second-order valence-electron chi connectivity index (χ2n) is 4.01. The summed E-state index contributed by atoms with van der Waals surface area (Å²) in [5.41, 5.74) is 1.21. The average molecular weight is 265 g/mol. The predicted molar refractivity (Wildman–Crippen MR) is 68.6 cm³/mol. The van der Waals surface area contributed by atoms with Gasteiger partial charge in [-0.1, -0.05) is 11.6 Å². The van der Waals surface area contributed by atoms with Gasteiger partial charge in [-0.2, -0.15) is 0 Å². The van der Waals surface area contributed by atoms with E-state index in [1.807, 2.05) is 19.1 Å². The number of furan rings is 1. The lowest BCUT2D eigenvalue weighted by Crippen LogP contribution is -2.22. The number of carbonyl (C=O) groups is 1. The molecule has 2 heterocycles. The smallest absolute Gasteiger partial charge is 0.251 e. The number of carbonyl (C=O) groups excluding carboxylic acids is 1. The van der Waals surface area contributed by atoms with E-state index in [0.29, 0.717) is 23.0 Å². The molecule has 0 aliphatic heterocycles. The highest BCUT2D eigenvalue weighted by Crippen LogP contribution is 2.11. The second kappa shape index (κ2) is 5.23. The van der Waals surface area contributed by atoms with Crippen LogP contribution in [0.2, 0.25) is 5.15 Å². The third-order valence-electron chi connectivity index (χ3n) is 2.40. The van der Waals surface area contributed by atoms with Gasteiger partial charge < -0.3 is 9.73 Å². The Morgan fingerprint density at radius 3 is 2.78 bits per heavy atom. The summed E-state index contributed by atoms with van der Waals surface area (Å²) in [5.74, 6) is 1.34. The lowest BCUT2D eigenvalue weighted by atomic mass is 10.2. The fourth-order valence-electron chi connectivity index (χ4n) is 1.61. The fraction of sp³-hybridized carbons (Fsp3) is 0.231. The Morgan fingerprint density at radius 2 is 2.17 bits per heavy atom. The van der Waals surface area contributed by atoms with Crippen molar-refractivity contribution in [2.24, 2.45) is 0 Å². The van der Waals surface area contributed by atoms with Gasteiger partial charge in [0.2, 0.25) is 0 Å². The van der Waals surface area contributed by atoms with Crippen molar-refractivity contribution >= 4 is 17.5 Å². The summed E-state index contributed by atoms with van der Waals surface area (Å²) in [6.45, 7) is 4.00. The molecule has 4 nitrogen and oxygen atoms in total. The van der Waals surface area contributed by atoms with E-state index in [9.17, 15) is 4.79 Å². The van der Waals surface area contributed by atoms with Gasteiger partial charge in [-0.05, 0) is 38.1 Å². The maximum absolute atomic E-state index is 11.9. The Kier molecular flexibility index (Phi) is 3.67. The van der Waals surface area contributed by atoms with Crippen LogP contribution in [0.25, 0.3) is 0 Å². The molecule has 1 amide bonds. The molecule has 0 saturated heterocycles. The van der Waals surface area contributed by atoms with Crippen LogP contribution < -0.4 is 5.32 Å². The molecule has 1 N–H and O–H groups in total. The van der Waals surface area contributed by atoms with Crippen LogP contribution in [0.15, 0.2) is 28.7 Å². The van der Waals surface area contributed by atoms with Crippen LogP contribution in [0.3, 0.4) is 0 Å². The molecule has 5 heteroatoms. The first-order valence-corrected chi connectivity index (χ1v) is 5.90. The first-order valence-electron chi connectivity index (χ1n) is 5.52. The van der Waals surface area contributed by atoms with Crippen molar-refractivity contribution in [2.75, 3.05) is 0 Å². The summed E-state index contributed by atoms with van der Waals surface area (Å²) < 4.78 is 5.36.